The van der Waals surface area contributed by atoms with Gasteiger partial charge in [-0.1, -0.05) is 29.3 Å². The number of ketones is 1. The molecule has 0 bridgehead atoms. The third kappa shape index (κ3) is 5.49. The molecule has 0 amide bonds. The Kier molecular flexibility index (Phi) is 6.67. The van der Waals surface area contributed by atoms with E-state index in [0.29, 0.717) is 16.7 Å². The minimum Gasteiger partial charge on any atom is -0.483 e. The van der Waals surface area contributed by atoms with Gasteiger partial charge in [0.15, 0.2) is 11.5 Å². The van der Waals surface area contributed by atoms with Gasteiger partial charge in [0.05, 0.1) is 23.1 Å². The molecule has 0 heterocycles. The van der Waals surface area contributed by atoms with Crippen molar-refractivity contribution in [3.05, 3.63) is 28.2 Å². The molecule has 6 heteroatoms. The van der Waals surface area contributed by atoms with E-state index in [0.717, 1.165) is 0 Å². The second-order valence-electron chi connectivity index (χ2n) is 3.68. The predicted octanol–water partition coefficient (Wildman–Crippen LogP) is 3.28. The molecule has 0 aromatic heterocycles. The summed E-state index contributed by atoms with van der Waals surface area (Å²) in [4.78, 5) is 22.6. The predicted molar refractivity (Wildman–Crippen MR) is 72.8 cm³/mol. The molecule has 0 aliphatic rings. The fraction of sp³-hybridized carbons (Fsp3) is 0.385. The summed E-state index contributed by atoms with van der Waals surface area (Å²) >= 11 is 11.8. The summed E-state index contributed by atoms with van der Waals surface area (Å²) in [6.07, 6.45) is 0.118. The van der Waals surface area contributed by atoms with Gasteiger partial charge in [0.2, 0.25) is 0 Å². The first-order chi connectivity index (χ1) is 9.04. The maximum atomic E-state index is 11.5. The first-order valence-corrected chi connectivity index (χ1v) is 6.54. The lowest BCUT2D eigenvalue weighted by Crippen LogP contribution is -2.14. The Morgan fingerprint density at radius 2 is 1.79 bits per heavy atom. The molecule has 19 heavy (non-hydrogen) atoms. The van der Waals surface area contributed by atoms with E-state index in [1.54, 1.807) is 25.1 Å². The smallest absolute Gasteiger partial charge is 0.306 e. The molecule has 0 spiro atoms. The van der Waals surface area contributed by atoms with Crippen LogP contribution in [0.15, 0.2) is 18.2 Å². The maximum Gasteiger partial charge on any atom is 0.306 e. The topological polar surface area (TPSA) is 52.6 Å². The van der Waals surface area contributed by atoms with Crippen LogP contribution < -0.4 is 4.74 Å². The lowest BCUT2D eigenvalue weighted by Gasteiger charge is -2.08. The van der Waals surface area contributed by atoms with Crippen LogP contribution in [0.25, 0.3) is 0 Å². The molecule has 1 aromatic rings. The minimum atomic E-state index is -0.397. The Bertz CT molecular complexity index is 440. The largest absolute Gasteiger partial charge is 0.483 e. The van der Waals surface area contributed by atoms with Crippen molar-refractivity contribution in [2.75, 3.05) is 13.2 Å². The molecule has 0 saturated carbocycles. The molecular weight excluding hydrogens is 291 g/mol. The second kappa shape index (κ2) is 8.02. The SMILES string of the molecule is CCOC(=O)CCC(=O)COc1c(Cl)cccc1Cl. The molecule has 0 fully saturated rings. The van der Waals surface area contributed by atoms with Crippen LogP contribution in [-0.4, -0.2) is 25.0 Å². The van der Waals surface area contributed by atoms with Crippen molar-refractivity contribution in [1.29, 1.82) is 0 Å². The van der Waals surface area contributed by atoms with Gasteiger partial charge >= 0.3 is 5.97 Å². The summed E-state index contributed by atoms with van der Waals surface area (Å²) in [5, 5.41) is 0.677. The first-order valence-electron chi connectivity index (χ1n) is 5.78. The molecule has 0 unspecified atom stereocenters. The average Bonchev–Trinajstić information content (AvgIpc) is 2.36. The van der Waals surface area contributed by atoms with E-state index >= 15 is 0 Å². The summed E-state index contributed by atoms with van der Waals surface area (Å²) in [6, 6.07) is 4.91. The zero-order valence-corrected chi connectivity index (χ0v) is 12.0. The highest BCUT2D eigenvalue weighted by molar-refractivity contribution is 6.37. The monoisotopic (exact) mass is 304 g/mol. The van der Waals surface area contributed by atoms with Crippen molar-refractivity contribution in [2.45, 2.75) is 19.8 Å². The van der Waals surface area contributed by atoms with Crippen molar-refractivity contribution in [2.24, 2.45) is 0 Å². The van der Waals surface area contributed by atoms with Gasteiger partial charge in [-0.2, -0.15) is 0 Å². The van der Waals surface area contributed by atoms with Crippen LogP contribution in [0.4, 0.5) is 0 Å². The molecule has 4 nitrogen and oxygen atoms in total. The van der Waals surface area contributed by atoms with Crippen LogP contribution in [0.2, 0.25) is 10.0 Å². The number of benzene rings is 1. The van der Waals surface area contributed by atoms with Crippen molar-refractivity contribution in [3.8, 4) is 5.75 Å². The first kappa shape index (κ1) is 15.8. The van der Waals surface area contributed by atoms with Crippen molar-refractivity contribution in [3.63, 3.8) is 0 Å². The summed E-state index contributed by atoms with van der Waals surface area (Å²) in [6.45, 7) is 1.84. The molecular formula is C13H14Cl2O4. The Morgan fingerprint density at radius 3 is 2.37 bits per heavy atom. The number of para-hydroxylation sites is 1. The number of hydrogen-bond acceptors (Lipinski definition) is 4. The third-order valence-corrected chi connectivity index (χ3v) is 2.80. The van der Waals surface area contributed by atoms with Gasteiger partial charge in [-0.05, 0) is 19.1 Å². The molecule has 0 N–H and O–H groups in total. The van der Waals surface area contributed by atoms with Crippen molar-refractivity contribution < 1.29 is 19.1 Å². The van der Waals surface area contributed by atoms with Crippen LogP contribution in [0, 0.1) is 0 Å². The zero-order chi connectivity index (χ0) is 14.3. The zero-order valence-electron chi connectivity index (χ0n) is 10.4. The third-order valence-electron chi connectivity index (χ3n) is 2.21. The maximum absolute atomic E-state index is 11.5. The van der Waals surface area contributed by atoms with Crippen LogP contribution in [0.1, 0.15) is 19.8 Å². The number of esters is 1. The molecule has 104 valence electrons. The summed E-state index contributed by atoms with van der Waals surface area (Å²) < 4.78 is 9.98. The van der Waals surface area contributed by atoms with Gasteiger partial charge in [0, 0.05) is 6.42 Å². The second-order valence-corrected chi connectivity index (χ2v) is 4.50. The van der Waals surface area contributed by atoms with Crippen molar-refractivity contribution in [1.82, 2.24) is 0 Å². The number of Topliss-reactive ketones (excluding diaryl/α,β-unsaturated/α-hetero) is 1. The lowest BCUT2D eigenvalue weighted by molar-refractivity contribution is -0.144. The number of carbonyl (C=O) groups is 2. The molecule has 1 aromatic carbocycles. The molecule has 0 atom stereocenters. The lowest BCUT2D eigenvalue weighted by atomic mass is 10.2. The number of halogens is 2. The van der Waals surface area contributed by atoms with Gasteiger partial charge in [-0.3, -0.25) is 9.59 Å². The Morgan fingerprint density at radius 1 is 1.16 bits per heavy atom. The molecule has 0 radical (unpaired) electrons. The highest BCUT2D eigenvalue weighted by Crippen LogP contribution is 2.32. The Labute approximate surface area is 121 Å². The highest BCUT2D eigenvalue weighted by Gasteiger charge is 2.11. The van der Waals surface area contributed by atoms with Crippen molar-refractivity contribution >= 4 is 35.0 Å². The standard InChI is InChI=1S/C13H14Cl2O4/c1-2-18-12(17)7-6-9(16)8-19-13-10(14)4-3-5-11(13)15/h3-5H,2,6-8H2,1H3. The molecule has 0 saturated heterocycles. The van der Waals surface area contributed by atoms with Gasteiger partial charge in [-0.25, -0.2) is 0 Å². The van der Waals surface area contributed by atoms with Crippen LogP contribution in [0.5, 0.6) is 5.75 Å². The number of hydrogen-bond donors (Lipinski definition) is 0. The van der Waals surface area contributed by atoms with E-state index in [4.69, 9.17) is 32.7 Å². The average molecular weight is 305 g/mol. The van der Waals surface area contributed by atoms with Gasteiger partial charge in [-0.15, -0.1) is 0 Å². The summed E-state index contributed by atoms with van der Waals surface area (Å²) in [5.41, 5.74) is 0. The van der Waals surface area contributed by atoms with E-state index < -0.39 is 5.97 Å². The summed E-state index contributed by atoms with van der Waals surface area (Å²) in [5.74, 6) is -0.342. The molecule has 0 aliphatic carbocycles. The van der Waals surface area contributed by atoms with E-state index in [2.05, 4.69) is 0 Å². The quantitative estimate of drug-likeness (QED) is 0.725. The minimum absolute atomic E-state index is 0.0479. The number of ether oxygens (including phenoxy) is 2. The van der Waals surface area contributed by atoms with Crippen LogP contribution in [-0.2, 0) is 14.3 Å². The molecule has 0 aliphatic heterocycles. The van der Waals surface area contributed by atoms with E-state index in [-0.39, 0.29) is 31.0 Å². The Balaban J connectivity index is 2.40. The van der Waals surface area contributed by atoms with Gasteiger partial charge in [0.25, 0.3) is 0 Å². The van der Waals surface area contributed by atoms with E-state index in [1.807, 2.05) is 0 Å². The Hall–Kier alpha value is -1.26. The number of carbonyl (C=O) groups excluding carboxylic acids is 2. The highest BCUT2D eigenvalue weighted by atomic mass is 35.5. The van der Waals surface area contributed by atoms with E-state index in [1.165, 1.54) is 0 Å². The van der Waals surface area contributed by atoms with E-state index in [9.17, 15) is 9.59 Å². The van der Waals surface area contributed by atoms with Gasteiger partial charge in [0.1, 0.15) is 6.61 Å². The summed E-state index contributed by atoms with van der Waals surface area (Å²) in [7, 11) is 0. The van der Waals surface area contributed by atoms with Crippen LogP contribution in [0.3, 0.4) is 0 Å². The van der Waals surface area contributed by atoms with Gasteiger partial charge < -0.3 is 9.47 Å². The fourth-order valence-corrected chi connectivity index (χ4v) is 1.83. The normalized spacial score (nSPS) is 10.1. The number of rotatable bonds is 7. The fourth-order valence-electron chi connectivity index (χ4n) is 1.32. The molecule has 1 rings (SSSR count). The van der Waals surface area contributed by atoms with Crippen LogP contribution >= 0.6 is 23.2 Å².